The molecule has 0 bridgehead atoms. The molecule has 2 unspecified atom stereocenters. The average molecular weight is 347 g/mol. The third kappa shape index (κ3) is 2.39. The Morgan fingerprint density at radius 2 is 2.12 bits per heavy atom. The van der Waals surface area contributed by atoms with Gasteiger partial charge >= 0.3 is 0 Å². The summed E-state index contributed by atoms with van der Waals surface area (Å²) in [7, 11) is 0. The summed E-state index contributed by atoms with van der Waals surface area (Å²) in [6, 6.07) is 12.5. The number of nitrogens with zero attached hydrogens (tertiary/aromatic N) is 4. The van der Waals surface area contributed by atoms with E-state index in [0.29, 0.717) is 17.8 Å². The van der Waals surface area contributed by atoms with E-state index in [1.54, 1.807) is 0 Å². The summed E-state index contributed by atoms with van der Waals surface area (Å²) in [6.45, 7) is 4.68. The van der Waals surface area contributed by atoms with Crippen LogP contribution >= 0.6 is 0 Å². The summed E-state index contributed by atoms with van der Waals surface area (Å²) in [4.78, 5) is 18.7. The minimum atomic E-state index is -0.251. The number of para-hydroxylation sites is 2. The van der Waals surface area contributed by atoms with Crippen molar-refractivity contribution in [2.75, 3.05) is 11.4 Å². The van der Waals surface area contributed by atoms with Gasteiger partial charge in [-0.2, -0.15) is 5.26 Å². The van der Waals surface area contributed by atoms with Crippen LogP contribution in [0.5, 0.6) is 0 Å². The van der Waals surface area contributed by atoms with Crippen molar-refractivity contribution in [3.63, 3.8) is 0 Å². The Labute approximate surface area is 151 Å². The third-order valence-corrected chi connectivity index (χ3v) is 5.44. The highest BCUT2D eigenvalue weighted by Crippen LogP contribution is 2.33. The summed E-state index contributed by atoms with van der Waals surface area (Å²) in [5, 5.41) is 9.63. The zero-order chi connectivity index (χ0) is 18.4. The summed E-state index contributed by atoms with van der Waals surface area (Å²) < 4.78 is 2.04. The number of nitriles is 1. The number of nitrogens with two attached hydrogens (primary N) is 1. The lowest BCUT2D eigenvalue weighted by atomic mass is 9.92. The predicted octanol–water partition coefficient (Wildman–Crippen LogP) is 2.76. The van der Waals surface area contributed by atoms with Gasteiger partial charge in [-0.3, -0.25) is 9.20 Å². The van der Waals surface area contributed by atoms with Crippen LogP contribution in [-0.4, -0.2) is 27.9 Å². The van der Waals surface area contributed by atoms with Crippen LogP contribution in [0.25, 0.3) is 16.7 Å². The van der Waals surface area contributed by atoms with Crippen molar-refractivity contribution < 1.29 is 4.79 Å². The van der Waals surface area contributed by atoms with Gasteiger partial charge < -0.3 is 10.6 Å². The SMILES string of the molecule is Cc1cc(N2CC(C(N)=O)CCC2C)n2c(nc3ccccc32)c1C#N. The zero-order valence-corrected chi connectivity index (χ0v) is 14.9. The van der Waals surface area contributed by atoms with Crippen molar-refractivity contribution in [3.8, 4) is 6.07 Å². The molecule has 0 spiro atoms. The molecule has 1 saturated heterocycles. The molecule has 1 aliphatic rings. The van der Waals surface area contributed by atoms with Crippen molar-refractivity contribution in [2.24, 2.45) is 11.7 Å². The highest BCUT2D eigenvalue weighted by Gasteiger charge is 2.31. The second-order valence-corrected chi connectivity index (χ2v) is 7.11. The van der Waals surface area contributed by atoms with Crippen molar-refractivity contribution in [3.05, 3.63) is 41.5 Å². The van der Waals surface area contributed by atoms with E-state index < -0.39 is 0 Å². The highest BCUT2D eigenvalue weighted by molar-refractivity contribution is 5.85. The second kappa shape index (κ2) is 6.03. The Kier molecular flexibility index (Phi) is 3.80. The first-order chi connectivity index (χ1) is 12.5. The fourth-order valence-corrected chi connectivity index (χ4v) is 3.94. The van der Waals surface area contributed by atoms with Crippen molar-refractivity contribution in [1.29, 1.82) is 5.26 Å². The van der Waals surface area contributed by atoms with Crippen molar-refractivity contribution in [1.82, 2.24) is 9.38 Å². The Hall–Kier alpha value is -3.07. The smallest absolute Gasteiger partial charge is 0.222 e. The van der Waals surface area contributed by atoms with E-state index in [1.165, 1.54) is 0 Å². The first-order valence-corrected chi connectivity index (χ1v) is 8.88. The topological polar surface area (TPSA) is 87.4 Å². The number of rotatable bonds is 2. The standard InChI is InChI=1S/C20H21N5O/c1-12-9-18(24-11-14(19(22)26)8-7-13(24)2)25-17-6-4-3-5-16(17)23-20(25)15(12)10-21/h3-6,9,13-14H,7-8,11H2,1-2H3,(H2,22,26). The minimum Gasteiger partial charge on any atom is -0.369 e. The lowest BCUT2D eigenvalue weighted by Crippen LogP contribution is -2.46. The van der Waals surface area contributed by atoms with Crippen LogP contribution in [0.3, 0.4) is 0 Å². The Morgan fingerprint density at radius 1 is 1.35 bits per heavy atom. The first kappa shape index (κ1) is 16.4. The number of anilines is 1. The number of pyridine rings is 1. The molecule has 1 aromatic carbocycles. The molecular weight excluding hydrogens is 326 g/mol. The molecule has 0 radical (unpaired) electrons. The van der Waals surface area contributed by atoms with Gasteiger partial charge in [-0.1, -0.05) is 12.1 Å². The molecule has 6 nitrogen and oxygen atoms in total. The number of benzene rings is 1. The predicted molar refractivity (Wildman–Crippen MR) is 101 cm³/mol. The van der Waals surface area contributed by atoms with E-state index >= 15 is 0 Å². The number of hydrogen-bond donors (Lipinski definition) is 1. The van der Waals surface area contributed by atoms with Gasteiger partial charge in [-0.25, -0.2) is 4.98 Å². The fourth-order valence-electron chi connectivity index (χ4n) is 3.94. The maximum atomic E-state index is 11.8. The van der Waals surface area contributed by atoms with Gasteiger partial charge in [0.05, 0.1) is 22.5 Å². The summed E-state index contributed by atoms with van der Waals surface area (Å²) >= 11 is 0. The molecule has 1 fully saturated rings. The van der Waals surface area contributed by atoms with Gasteiger partial charge in [0.15, 0.2) is 5.65 Å². The average Bonchev–Trinajstić information content (AvgIpc) is 3.00. The van der Waals surface area contributed by atoms with Gasteiger partial charge in [0.25, 0.3) is 0 Å². The molecule has 1 amide bonds. The number of primary amides is 1. The van der Waals surface area contributed by atoms with Crippen LogP contribution in [0.1, 0.15) is 30.9 Å². The van der Waals surface area contributed by atoms with E-state index in [1.807, 2.05) is 41.7 Å². The number of hydrogen-bond acceptors (Lipinski definition) is 4. The van der Waals surface area contributed by atoms with Gasteiger partial charge in [0.2, 0.25) is 5.91 Å². The molecule has 0 aliphatic carbocycles. The monoisotopic (exact) mass is 347 g/mol. The molecular formula is C20H21N5O. The van der Waals surface area contributed by atoms with Crippen LogP contribution < -0.4 is 10.6 Å². The largest absolute Gasteiger partial charge is 0.369 e. The molecule has 132 valence electrons. The van der Waals surface area contributed by atoms with Gasteiger partial charge in [0, 0.05) is 12.6 Å². The first-order valence-electron chi connectivity index (χ1n) is 8.88. The van der Waals surface area contributed by atoms with E-state index in [0.717, 1.165) is 35.3 Å². The molecule has 6 heteroatoms. The molecule has 26 heavy (non-hydrogen) atoms. The molecule has 3 aromatic rings. The summed E-state index contributed by atoms with van der Waals surface area (Å²) in [6.07, 6.45) is 1.72. The quantitative estimate of drug-likeness (QED) is 0.772. The fraction of sp³-hybridized carbons (Fsp3) is 0.350. The van der Waals surface area contributed by atoms with Gasteiger partial charge in [-0.05, 0) is 50.5 Å². The van der Waals surface area contributed by atoms with Crippen LogP contribution in [0, 0.1) is 24.2 Å². The minimum absolute atomic E-state index is 0.160. The normalized spacial score (nSPS) is 20.4. The van der Waals surface area contributed by atoms with Crippen LogP contribution in [0.4, 0.5) is 5.82 Å². The Balaban J connectivity index is 2.00. The maximum absolute atomic E-state index is 11.8. The molecule has 2 N–H and O–H groups in total. The molecule has 2 atom stereocenters. The number of aromatic nitrogens is 2. The number of fused-ring (bicyclic) bond motifs is 3. The Bertz CT molecular complexity index is 1060. The molecule has 2 aromatic heterocycles. The van der Waals surface area contributed by atoms with E-state index in [4.69, 9.17) is 10.7 Å². The van der Waals surface area contributed by atoms with Crippen LogP contribution in [0.2, 0.25) is 0 Å². The van der Waals surface area contributed by atoms with Crippen LogP contribution in [0.15, 0.2) is 30.3 Å². The zero-order valence-electron chi connectivity index (χ0n) is 14.9. The van der Waals surface area contributed by atoms with Gasteiger partial charge in [-0.15, -0.1) is 0 Å². The number of aryl methyl sites for hydroxylation is 1. The second-order valence-electron chi connectivity index (χ2n) is 7.11. The van der Waals surface area contributed by atoms with E-state index in [2.05, 4.69) is 17.9 Å². The van der Waals surface area contributed by atoms with Gasteiger partial charge in [0.1, 0.15) is 11.9 Å². The third-order valence-electron chi connectivity index (χ3n) is 5.44. The Morgan fingerprint density at radius 3 is 2.85 bits per heavy atom. The highest BCUT2D eigenvalue weighted by atomic mass is 16.1. The summed E-state index contributed by atoms with van der Waals surface area (Å²) in [5.41, 5.74) is 9.53. The van der Waals surface area contributed by atoms with E-state index in [-0.39, 0.29) is 17.9 Å². The molecule has 0 saturated carbocycles. The molecule has 1 aliphatic heterocycles. The number of carbonyl (C=O) groups is 1. The summed E-state index contributed by atoms with van der Waals surface area (Å²) in [5.74, 6) is 0.551. The maximum Gasteiger partial charge on any atom is 0.222 e. The molecule has 3 heterocycles. The van der Waals surface area contributed by atoms with E-state index in [9.17, 15) is 10.1 Å². The number of imidazole rings is 1. The number of amides is 1. The van der Waals surface area contributed by atoms with Crippen LogP contribution in [-0.2, 0) is 4.79 Å². The van der Waals surface area contributed by atoms with Crippen molar-refractivity contribution >= 4 is 28.4 Å². The number of piperidine rings is 1. The lowest BCUT2D eigenvalue weighted by Gasteiger charge is -2.39. The number of carbonyl (C=O) groups excluding carboxylic acids is 1. The van der Waals surface area contributed by atoms with Crippen molar-refractivity contribution in [2.45, 2.75) is 32.7 Å². The lowest BCUT2D eigenvalue weighted by molar-refractivity contribution is -0.122. The molecule has 4 rings (SSSR count).